The molecule has 0 spiro atoms. The number of carboxylic acid groups (broad SMARTS) is 1. The summed E-state index contributed by atoms with van der Waals surface area (Å²) in [6.07, 6.45) is -0.333. The van der Waals surface area contributed by atoms with Gasteiger partial charge in [0, 0.05) is 6.42 Å². The van der Waals surface area contributed by atoms with Crippen molar-refractivity contribution in [2.24, 2.45) is 0 Å². The number of ether oxygens (including phenoxy) is 2. The second-order valence-corrected chi connectivity index (χ2v) is 6.00. The molecule has 0 aromatic heterocycles. The van der Waals surface area contributed by atoms with Crippen LogP contribution in [0.2, 0.25) is 0 Å². The van der Waals surface area contributed by atoms with Crippen molar-refractivity contribution in [2.45, 2.75) is 77.7 Å². The number of unbranched alkanes of at least 4 members (excludes halogenated alkanes) is 1. The summed E-state index contributed by atoms with van der Waals surface area (Å²) in [5.41, 5.74) is -0.514. The van der Waals surface area contributed by atoms with Gasteiger partial charge in [-0.25, -0.2) is 9.18 Å². The van der Waals surface area contributed by atoms with Gasteiger partial charge in [0.15, 0.2) is 6.10 Å². The summed E-state index contributed by atoms with van der Waals surface area (Å²) in [6.45, 7) is 6.84. The zero-order chi connectivity index (χ0) is 16.5. The van der Waals surface area contributed by atoms with Gasteiger partial charge in [-0.05, 0) is 46.5 Å². The first-order valence-corrected chi connectivity index (χ1v) is 7.36. The molecule has 0 amide bonds. The van der Waals surface area contributed by atoms with E-state index in [-0.39, 0.29) is 25.4 Å². The predicted molar refractivity (Wildman–Crippen MR) is 76.9 cm³/mol. The molecule has 0 aliphatic carbocycles. The zero-order valence-corrected chi connectivity index (χ0v) is 13.4. The van der Waals surface area contributed by atoms with Crippen LogP contribution in [0.25, 0.3) is 0 Å². The molecule has 0 aromatic rings. The monoisotopic (exact) mass is 306 g/mol. The van der Waals surface area contributed by atoms with Crippen LogP contribution in [0.3, 0.4) is 0 Å². The van der Waals surface area contributed by atoms with Crippen LogP contribution in [0.15, 0.2) is 0 Å². The molecule has 0 aromatic carbocycles. The van der Waals surface area contributed by atoms with E-state index in [4.69, 9.17) is 14.6 Å². The van der Waals surface area contributed by atoms with Crippen molar-refractivity contribution in [3.05, 3.63) is 0 Å². The Morgan fingerprint density at radius 3 is 2.33 bits per heavy atom. The first-order valence-electron chi connectivity index (χ1n) is 7.36. The Morgan fingerprint density at radius 1 is 1.24 bits per heavy atom. The van der Waals surface area contributed by atoms with Gasteiger partial charge in [-0.2, -0.15) is 0 Å². The van der Waals surface area contributed by atoms with E-state index >= 15 is 0 Å². The first kappa shape index (κ1) is 19.8. The van der Waals surface area contributed by atoms with Crippen molar-refractivity contribution >= 4 is 11.9 Å². The van der Waals surface area contributed by atoms with E-state index in [1.165, 1.54) is 0 Å². The van der Waals surface area contributed by atoms with Gasteiger partial charge < -0.3 is 14.6 Å². The third-order valence-corrected chi connectivity index (χ3v) is 2.71. The molecule has 0 fully saturated rings. The molecular weight excluding hydrogens is 279 g/mol. The van der Waals surface area contributed by atoms with Gasteiger partial charge in [0.1, 0.15) is 11.8 Å². The van der Waals surface area contributed by atoms with E-state index in [1.807, 2.05) is 0 Å². The Kier molecular flexibility index (Phi) is 9.17. The molecule has 124 valence electrons. The molecule has 0 aliphatic heterocycles. The van der Waals surface area contributed by atoms with Crippen molar-refractivity contribution in [1.29, 1.82) is 0 Å². The predicted octanol–water partition coefficient (Wildman–Crippen LogP) is 3.11. The fourth-order valence-electron chi connectivity index (χ4n) is 1.61. The summed E-state index contributed by atoms with van der Waals surface area (Å²) in [7, 11) is 0. The fourth-order valence-corrected chi connectivity index (χ4v) is 1.61. The lowest BCUT2D eigenvalue weighted by Crippen LogP contribution is -2.27. The second kappa shape index (κ2) is 9.71. The average molecular weight is 306 g/mol. The van der Waals surface area contributed by atoms with Gasteiger partial charge >= 0.3 is 11.9 Å². The van der Waals surface area contributed by atoms with Crippen LogP contribution in [-0.2, 0) is 19.1 Å². The molecular formula is C15H27FO5. The molecule has 0 radical (unpaired) electrons. The highest BCUT2D eigenvalue weighted by Crippen LogP contribution is 2.13. The lowest BCUT2D eigenvalue weighted by molar-refractivity contribution is -0.154. The highest BCUT2D eigenvalue weighted by Gasteiger charge is 2.20. The summed E-state index contributed by atoms with van der Waals surface area (Å²) < 4.78 is 23.2. The van der Waals surface area contributed by atoms with Crippen LogP contribution in [0, 0.1) is 0 Å². The van der Waals surface area contributed by atoms with Gasteiger partial charge in [-0.15, -0.1) is 0 Å². The van der Waals surface area contributed by atoms with Crippen LogP contribution in [0.5, 0.6) is 0 Å². The summed E-state index contributed by atoms with van der Waals surface area (Å²) in [5.74, 6) is -1.40. The molecule has 0 saturated heterocycles. The maximum absolute atomic E-state index is 13.0. The smallest absolute Gasteiger partial charge is 0.332 e. The number of alkyl halides is 1. The molecule has 0 unspecified atom stereocenters. The van der Waals surface area contributed by atoms with Crippen LogP contribution < -0.4 is 0 Å². The Hall–Kier alpha value is -1.17. The average Bonchev–Trinajstić information content (AvgIpc) is 2.34. The number of esters is 1. The topological polar surface area (TPSA) is 72.8 Å². The summed E-state index contributed by atoms with van der Waals surface area (Å²) in [5, 5.41) is 8.98. The van der Waals surface area contributed by atoms with Gasteiger partial charge in [0.25, 0.3) is 0 Å². The zero-order valence-electron chi connectivity index (χ0n) is 13.4. The van der Waals surface area contributed by atoms with E-state index in [0.717, 1.165) is 0 Å². The van der Waals surface area contributed by atoms with E-state index < -0.39 is 23.8 Å². The minimum atomic E-state index is -1.14. The number of halogens is 1. The van der Waals surface area contributed by atoms with Crippen molar-refractivity contribution in [2.75, 3.05) is 6.61 Å². The second-order valence-electron chi connectivity index (χ2n) is 6.00. The van der Waals surface area contributed by atoms with Crippen molar-refractivity contribution in [3.8, 4) is 0 Å². The number of carboxylic acids is 1. The molecule has 0 saturated carbocycles. The lowest BCUT2D eigenvalue weighted by atomic mass is 10.1. The molecule has 1 N–H and O–H groups in total. The van der Waals surface area contributed by atoms with Gasteiger partial charge in [0.05, 0.1) is 6.61 Å². The quantitative estimate of drug-likeness (QED) is 0.496. The standard InChI is InChI=1S/C15H27FO5/c1-5-11(16)10-20-12(14(18)19)8-6-7-9-13(17)21-15(2,3)4/h11-12H,5-10H2,1-4H3,(H,18,19)/t11-,12-/m0/s1. The molecule has 0 bridgehead atoms. The van der Waals surface area contributed by atoms with Gasteiger partial charge in [-0.1, -0.05) is 6.92 Å². The minimum Gasteiger partial charge on any atom is -0.479 e. The fraction of sp³-hybridized carbons (Fsp3) is 0.867. The number of hydrogen-bond acceptors (Lipinski definition) is 4. The minimum absolute atomic E-state index is 0.209. The van der Waals surface area contributed by atoms with E-state index in [0.29, 0.717) is 19.3 Å². The number of aliphatic carboxylic acids is 1. The molecule has 6 heteroatoms. The molecule has 2 atom stereocenters. The van der Waals surface area contributed by atoms with Gasteiger partial charge in [0.2, 0.25) is 0 Å². The summed E-state index contributed by atoms with van der Waals surface area (Å²) in [4.78, 5) is 22.4. The Morgan fingerprint density at radius 2 is 1.86 bits per heavy atom. The van der Waals surface area contributed by atoms with Crippen LogP contribution in [0.4, 0.5) is 4.39 Å². The highest BCUT2D eigenvalue weighted by atomic mass is 19.1. The Labute approximate surface area is 125 Å². The molecule has 21 heavy (non-hydrogen) atoms. The molecule has 0 aliphatic rings. The van der Waals surface area contributed by atoms with Crippen LogP contribution in [0.1, 0.15) is 59.8 Å². The molecule has 5 nitrogen and oxygen atoms in total. The third kappa shape index (κ3) is 11.2. The van der Waals surface area contributed by atoms with E-state index in [9.17, 15) is 14.0 Å². The largest absolute Gasteiger partial charge is 0.479 e. The molecule has 0 heterocycles. The summed E-state index contributed by atoms with van der Waals surface area (Å²) >= 11 is 0. The normalized spacial score (nSPS) is 14.5. The van der Waals surface area contributed by atoms with Gasteiger partial charge in [-0.3, -0.25) is 4.79 Å². The van der Waals surface area contributed by atoms with E-state index in [2.05, 4.69) is 0 Å². The highest BCUT2D eigenvalue weighted by molar-refractivity contribution is 5.72. The Balaban J connectivity index is 3.94. The number of carbonyl (C=O) groups is 2. The first-order chi connectivity index (χ1) is 9.65. The van der Waals surface area contributed by atoms with Crippen molar-refractivity contribution in [3.63, 3.8) is 0 Å². The van der Waals surface area contributed by atoms with Crippen molar-refractivity contribution in [1.82, 2.24) is 0 Å². The number of hydrogen-bond donors (Lipinski definition) is 1. The SMILES string of the molecule is CC[C@H](F)CO[C@@H](CCCCC(=O)OC(C)(C)C)C(=O)O. The third-order valence-electron chi connectivity index (χ3n) is 2.71. The molecule has 0 rings (SSSR count). The Bertz CT molecular complexity index is 325. The summed E-state index contributed by atoms with van der Waals surface area (Å²) in [6, 6.07) is 0. The maximum atomic E-state index is 13.0. The van der Waals surface area contributed by atoms with Crippen LogP contribution in [-0.4, -0.2) is 41.5 Å². The van der Waals surface area contributed by atoms with Crippen LogP contribution >= 0.6 is 0 Å². The van der Waals surface area contributed by atoms with Crippen molar-refractivity contribution < 1.29 is 28.6 Å². The number of carbonyl (C=O) groups excluding carboxylic acids is 1. The van der Waals surface area contributed by atoms with E-state index in [1.54, 1.807) is 27.7 Å². The maximum Gasteiger partial charge on any atom is 0.332 e. The number of rotatable bonds is 10. The lowest BCUT2D eigenvalue weighted by Gasteiger charge is -2.19.